The van der Waals surface area contributed by atoms with Crippen molar-refractivity contribution in [1.82, 2.24) is 0 Å². The molecule has 0 amide bonds. The zero-order chi connectivity index (χ0) is 2.71. The quantitative estimate of drug-likeness (QED) is 0.462. The Morgan fingerprint density at radius 2 is 1.25 bits per heavy atom. The number of hydrogen-bond donors (Lipinski definition) is 0. The van der Waals surface area contributed by atoms with E-state index in [2.05, 4.69) is 40.7 Å². The van der Waals surface area contributed by atoms with Gasteiger partial charge in [-0.1, -0.05) is 0 Å². The van der Waals surface area contributed by atoms with Crippen molar-refractivity contribution in [2.75, 3.05) is 0 Å². The normalized spacial score (nSPS) is 5.50. The zero-order valence-corrected chi connectivity index (χ0v) is 7.54. The van der Waals surface area contributed by atoms with Crippen LogP contribution in [-0.4, -0.2) is 0 Å². The molecule has 0 aromatic carbocycles. The minimum absolute atomic E-state index is 0. The zero-order valence-electron chi connectivity index (χ0n) is 1.47. The maximum absolute atomic E-state index is 2.18. The van der Waals surface area contributed by atoms with Gasteiger partial charge in [-0.25, -0.2) is 0 Å². The molecule has 0 fully saturated rings. The summed E-state index contributed by atoms with van der Waals surface area (Å²) in [7, 11) is 1.75. The fourth-order valence-electron chi connectivity index (χ4n) is 0. The molecule has 0 saturated carbocycles. The van der Waals surface area contributed by atoms with Gasteiger partial charge in [0.05, 0.1) is 0 Å². The van der Waals surface area contributed by atoms with Gasteiger partial charge in [-0.05, 0) is 0 Å². The monoisotopic (exact) mass is 353 g/mol. The summed E-state index contributed by atoms with van der Waals surface area (Å²) in [5.74, 6) is 0. The minimum atomic E-state index is 0. The van der Waals surface area contributed by atoms with Crippen molar-refractivity contribution in [3.63, 3.8) is 0 Å². The van der Waals surface area contributed by atoms with Crippen LogP contribution in [0.25, 0.3) is 0 Å². The van der Waals surface area contributed by atoms with Crippen molar-refractivity contribution in [2.45, 2.75) is 0 Å². The predicted molar refractivity (Wildman–Crippen MR) is 35.3 cm³/mol. The summed E-state index contributed by atoms with van der Waals surface area (Å²) in [4.78, 5) is 0. The van der Waals surface area contributed by atoms with Gasteiger partial charge in [0, 0.05) is 0 Å². The Hall–Kier alpha value is 2.27. The van der Waals surface area contributed by atoms with Crippen LogP contribution in [0.1, 0.15) is 0 Å². The molecule has 0 radical (unpaired) electrons. The summed E-state index contributed by atoms with van der Waals surface area (Å²) < 4.78 is 0. The number of hydrogen-bond acceptors (Lipinski definition) is 0. The molecule has 4 heteroatoms. The molecule has 0 atom stereocenters. The topological polar surface area (TPSA) is 0 Å². The molecule has 0 spiro atoms. The Bertz CT molecular complexity index is 6.00. The van der Waals surface area contributed by atoms with Crippen molar-refractivity contribution in [3.8, 4) is 0 Å². The SMILES string of the molecule is Cl.[I][Cu][I]. The fourth-order valence-corrected chi connectivity index (χ4v) is 0. The third-order valence-corrected chi connectivity index (χ3v) is 0. The van der Waals surface area contributed by atoms with Crippen molar-refractivity contribution < 1.29 is 8.46 Å². The average Bonchev–Trinajstić information content (AvgIpc) is 0.918. The van der Waals surface area contributed by atoms with E-state index in [0.29, 0.717) is 0 Å². The van der Waals surface area contributed by atoms with E-state index in [9.17, 15) is 0 Å². The van der Waals surface area contributed by atoms with Crippen LogP contribution in [0.2, 0.25) is 0 Å². The molecule has 0 unspecified atom stereocenters. The number of halogens is 3. The molecular formula is HClCuI2. The first kappa shape index (κ1) is 9.55. The summed E-state index contributed by atoms with van der Waals surface area (Å²) in [6, 6.07) is 0. The van der Waals surface area contributed by atoms with Crippen LogP contribution in [0.3, 0.4) is 0 Å². The molecule has 0 aromatic heterocycles. The first-order chi connectivity index (χ1) is 1.41. The van der Waals surface area contributed by atoms with Crippen LogP contribution in [-0.2, 0) is 8.46 Å². The van der Waals surface area contributed by atoms with Gasteiger partial charge in [-0.2, -0.15) is 0 Å². The second-order valence-corrected chi connectivity index (χ2v) is 7.99. The number of rotatable bonds is 0. The molecule has 0 saturated heterocycles. The summed E-state index contributed by atoms with van der Waals surface area (Å²) in [5, 5.41) is 0. The van der Waals surface area contributed by atoms with Crippen LogP contribution in [0.15, 0.2) is 0 Å². The van der Waals surface area contributed by atoms with Crippen molar-refractivity contribution in [3.05, 3.63) is 0 Å². The van der Waals surface area contributed by atoms with Crippen molar-refractivity contribution in [2.24, 2.45) is 0 Å². The van der Waals surface area contributed by atoms with E-state index in [1.165, 1.54) is 0 Å². The van der Waals surface area contributed by atoms with Crippen LogP contribution in [0.4, 0.5) is 0 Å². The van der Waals surface area contributed by atoms with Crippen LogP contribution in [0.5, 0.6) is 0 Å². The van der Waals surface area contributed by atoms with E-state index >= 15 is 0 Å². The molecule has 0 aliphatic carbocycles. The molecular weight excluding hydrogens is 353 g/mol. The first-order valence-corrected chi connectivity index (χ1v) is 6.30. The molecule has 0 heterocycles. The molecule has 0 rings (SSSR count). The molecule has 4 heavy (non-hydrogen) atoms. The standard InChI is InChI=1S/ClH.Cu.2HI/h1H;;2*1H/q;+2;;/p-2. The summed E-state index contributed by atoms with van der Waals surface area (Å²) >= 11 is 4.36. The Morgan fingerprint density at radius 3 is 1.25 bits per heavy atom. The average molecular weight is 354 g/mol. The van der Waals surface area contributed by atoms with Crippen molar-refractivity contribution in [1.29, 1.82) is 0 Å². The first-order valence-electron chi connectivity index (χ1n) is 0.228. The van der Waals surface area contributed by atoms with Gasteiger partial charge < -0.3 is 0 Å². The van der Waals surface area contributed by atoms with Gasteiger partial charge in [0.15, 0.2) is 0 Å². The molecule has 0 bridgehead atoms. The second-order valence-electron chi connectivity index (χ2n) is 0.0431. The molecule has 0 N–H and O–H groups in total. The molecule has 0 aromatic rings. The van der Waals surface area contributed by atoms with E-state index < -0.39 is 0 Å². The third kappa shape index (κ3) is 8.86. The third-order valence-electron chi connectivity index (χ3n) is 0. The Labute approximate surface area is 60.5 Å². The Kier molecular flexibility index (Phi) is 21.5. The van der Waals surface area contributed by atoms with Crippen LogP contribution in [0, 0.1) is 0 Å². The van der Waals surface area contributed by atoms with E-state index in [-0.39, 0.29) is 12.4 Å². The van der Waals surface area contributed by atoms with Gasteiger partial charge in [0.2, 0.25) is 0 Å². The van der Waals surface area contributed by atoms with Crippen LogP contribution < -0.4 is 0 Å². The second kappa shape index (κ2) is 8.99. The maximum atomic E-state index is 2.18. The molecule has 33 valence electrons. The van der Waals surface area contributed by atoms with E-state index in [4.69, 9.17) is 0 Å². The summed E-state index contributed by atoms with van der Waals surface area (Å²) in [5.41, 5.74) is 0. The van der Waals surface area contributed by atoms with Gasteiger partial charge in [-0.15, -0.1) is 12.4 Å². The van der Waals surface area contributed by atoms with Gasteiger partial charge >= 0.3 is 49.1 Å². The van der Waals surface area contributed by atoms with E-state index in [1.54, 1.807) is 8.46 Å². The van der Waals surface area contributed by atoms with Gasteiger partial charge in [0.1, 0.15) is 0 Å². The molecule has 0 nitrogen and oxygen atoms in total. The fraction of sp³-hybridized carbons (Fsp3) is 0. The van der Waals surface area contributed by atoms with E-state index in [0.717, 1.165) is 0 Å². The Morgan fingerprint density at radius 1 is 1.25 bits per heavy atom. The van der Waals surface area contributed by atoms with Crippen LogP contribution >= 0.6 is 53.1 Å². The molecule has 0 aliphatic rings. The predicted octanol–water partition coefficient (Wildman–Crippen LogP) is 2.19. The van der Waals surface area contributed by atoms with Crippen molar-refractivity contribution >= 4 is 53.1 Å². The van der Waals surface area contributed by atoms with E-state index in [1.807, 2.05) is 0 Å². The Balaban J connectivity index is 0. The molecule has 0 aliphatic heterocycles. The van der Waals surface area contributed by atoms with Gasteiger partial charge in [-0.3, -0.25) is 0 Å². The summed E-state index contributed by atoms with van der Waals surface area (Å²) in [6.07, 6.45) is 0. The van der Waals surface area contributed by atoms with Gasteiger partial charge in [0.25, 0.3) is 0 Å². The summed E-state index contributed by atoms with van der Waals surface area (Å²) in [6.45, 7) is 0.